The first kappa shape index (κ1) is 33.9. The summed E-state index contributed by atoms with van der Waals surface area (Å²) in [6.45, 7) is 9.83. The van der Waals surface area contributed by atoms with Crippen molar-refractivity contribution in [2.75, 3.05) is 0 Å². The number of hydrogen-bond acceptors (Lipinski definition) is 0. The van der Waals surface area contributed by atoms with E-state index < -0.39 is 0 Å². The summed E-state index contributed by atoms with van der Waals surface area (Å²) in [5, 5.41) is 0. The van der Waals surface area contributed by atoms with Crippen LogP contribution in [0.2, 0.25) is 0 Å². The van der Waals surface area contributed by atoms with Crippen LogP contribution < -0.4 is 21.2 Å². The van der Waals surface area contributed by atoms with Crippen LogP contribution in [0.5, 0.6) is 0 Å². The Morgan fingerprint density at radius 1 is 0.432 bits per heavy atom. The van der Waals surface area contributed by atoms with Gasteiger partial charge in [-0.25, -0.2) is 0 Å². The SMILES string of the molecule is CCCCCCCCCCC(C)C1CCC([I+]C2CCC(C(C)CCCCCCCCCC)CC2)CC1. The molecule has 2 rings (SSSR count). The topological polar surface area (TPSA) is 0 Å². The average molecular weight is 630 g/mol. The predicted molar refractivity (Wildman–Crippen MR) is 164 cm³/mol. The Hall–Kier alpha value is 0.730. The molecule has 0 amide bonds. The van der Waals surface area contributed by atoms with Crippen molar-refractivity contribution in [3.8, 4) is 0 Å². The molecule has 0 aromatic carbocycles. The standard InChI is InChI=1S/C36H70I/c1-5-7-9-11-13-15-17-19-21-31(3)33-23-27-35(28-24-33)37-36-29-25-34(26-30-36)32(4)22-20-18-16-14-12-10-8-6-2/h31-36H,5-30H2,1-4H3/q+1. The molecule has 0 bridgehead atoms. The van der Waals surface area contributed by atoms with Crippen molar-refractivity contribution in [2.45, 2.75) is 202 Å². The van der Waals surface area contributed by atoms with Crippen LogP contribution in [0.4, 0.5) is 0 Å². The fourth-order valence-electron chi connectivity index (χ4n) is 7.47. The van der Waals surface area contributed by atoms with Gasteiger partial charge in [0, 0.05) is 0 Å². The summed E-state index contributed by atoms with van der Waals surface area (Å²) in [5.74, 6) is 4.13. The lowest BCUT2D eigenvalue weighted by atomic mass is 9.79. The molecule has 0 aromatic heterocycles. The van der Waals surface area contributed by atoms with Crippen LogP contribution in [0, 0.1) is 23.7 Å². The molecule has 0 spiro atoms. The second-order valence-electron chi connectivity index (χ2n) is 13.6. The Kier molecular flexibility index (Phi) is 20.6. The molecule has 2 aliphatic carbocycles. The quantitative estimate of drug-likeness (QED) is 0.0636. The molecule has 0 aromatic rings. The zero-order valence-corrected chi connectivity index (χ0v) is 28.4. The Bertz CT molecular complexity index is 441. The minimum absolute atomic E-state index is 0.457. The largest absolute Gasteiger partial charge is 0.275 e. The normalized spacial score (nSPS) is 26.3. The number of halogens is 1. The molecular formula is C36H70I+. The minimum Gasteiger partial charge on any atom is -0.0654 e. The van der Waals surface area contributed by atoms with E-state index in [2.05, 4.69) is 27.7 Å². The van der Waals surface area contributed by atoms with Crippen LogP contribution in [0.1, 0.15) is 195 Å². The lowest BCUT2D eigenvalue weighted by Gasteiger charge is -2.31. The molecule has 2 fully saturated rings. The van der Waals surface area contributed by atoms with Crippen molar-refractivity contribution in [1.29, 1.82) is 0 Å². The van der Waals surface area contributed by atoms with Gasteiger partial charge in [-0.1, -0.05) is 143 Å². The van der Waals surface area contributed by atoms with Gasteiger partial charge in [0.15, 0.2) is 7.85 Å². The molecule has 0 saturated heterocycles. The molecule has 0 aliphatic heterocycles. The predicted octanol–water partition coefficient (Wildman–Crippen LogP) is 9.53. The maximum atomic E-state index is 2.59. The molecule has 2 atom stereocenters. The molecule has 0 N–H and O–H groups in total. The Labute approximate surface area is 246 Å². The summed E-state index contributed by atoms with van der Waals surface area (Å²) in [4.78, 5) is 0. The van der Waals surface area contributed by atoms with Gasteiger partial charge in [0.05, 0.1) is 0 Å². The highest BCUT2D eigenvalue weighted by Gasteiger charge is 2.39. The Balaban J connectivity index is 1.46. The Morgan fingerprint density at radius 3 is 1.05 bits per heavy atom. The fourth-order valence-corrected chi connectivity index (χ4v) is 11.8. The van der Waals surface area contributed by atoms with Gasteiger partial charge < -0.3 is 0 Å². The molecular weight excluding hydrogens is 559 g/mol. The van der Waals surface area contributed by atoms with E-state index in [0.29, 0.717) is 21.2 Å². The van der Waals surface area contributed by atoms with Gasteiger partial charge >= 0.3 is 0 Å². The van der Waals surface area contributed by atoms with Gasteiger partial charge in [0.2, 0.25) is 0 Å². The summed E-state index contributed by atoms with van der Waals surface area (Å²) in [6, 6.07) is 0. The second-order valence-corrected chi connectivity index (χ2v) is 17.9. The highest BCUT2D eigenvalue weighted by molar-refractivity contribution is 4.78. The van der Waals surface area contributed by atoms with Crippen molar-refractivity contribution in [2.24, 2.45) is 23.7 Å². The van der Waals surface area contributed by atoms with E-state index in [4.69, 9.17) is 0 Å². The number of rotatable bonds is 22. The van der Waals surface area contributed by atoms with E-state index in [9.17, 15) is 0 Å². The van der Waals surface area contributed by atoms with Crippen molar-refractivity contribution in [3.05, 3.63) is 0 Å². The molecule has 1 heteroatoms. The first-order chi connectivity index (χ1) is 18.1. The van der Waals surface area contributed by atoms with E-state index in [-0.39, 0.29) is 0 Å². The van der Waals surface area contributed by atoms with Gasteiger partial charge in [-0.15, -0.1) is 0 Å². The van der Waals surface area contributed by atoms with Gasteiger partial charge in [-0.05, 0) is 75.0 Å². The minimum atomic E-state index is 0.457. The third-order valence-electron chi connectivity index (χ3n) is 10.4. The third kappa shape index (κ3) is 15.9. The van der Waals surface area contributed by atoms with E-state index in [1.165, 1.54) is 123 Å². The van der Waals surface area contributed by atoms with Crippen molar-refractivity contribution >= 4 is 0 Å². The van der Waals surface area contributed by atoms with Crippen LogP contribution >= 0.6 is 0 Å². The van der Waals surface area contributed by atoms with E-state index in [1.54, 1.807) is 51.4 Å². The van der Waals surface area contributed by atoms with Crippen LogP contribution in [-0.2, 0) is 0 Å². The van der Waals surface area contributed by atoms with Gasteiger partial charge in [0.25, 0.3) is 21.2 Å². The molecule has 0 nitrogen and oxygen atoms in total. The van der Waals surface area contributed by atoms with Gasteiger partial charge in [-0.3, -0.25) is 0 Å². The highest BCUT2D eigenvalue weighted by Crippen LogP contribution is 2.33. The molecule has 37 heavy (non-hydrogen) atoms. The summed E-state index contributed by atoms with van der Waals surface area (Å²) >= 11 is 0.457. The lowest BCUT2D eigenvalue weighted by molar-refractivity contribution is -0.726. The van der Waals surface area contributed by atoms with Crippen molar-refractivity contribution in [1.82, 2.24) is 0 Å². The van der Waals surface area contributed by atoms with Crippen LogP contribution in [0.25, 0.3) is 0 Å². The molecule has 2 unspecified atom stereocenters. The summed E-state index contributed by atoms with van der Waals surface area (Å²) < 4.78 is 2.36. The third-order valence-corrected chi connectivity index (χ3v) is 14.9. The first-order valence-corrected chi connectivity index (χ1v) is 20.2. The molecule has 2 saturated carbocycles. The van der Waals surface area contributed by atoms with E-state index in [1.807, 2.05) is 0 Å². The summed E-state index contributed by atoms with van der Waals surface area (Å²) in [7, 11) is 0. The van der Waals surface area contributed by atoms with E-state index in [0.717, 1.165) is 23.7 Å². The molecule has 0 radical (unpaired) electrons. The smallest absolute Gasteiger partial charge is 0.0654 e. The monoisotopic (exact) mass is 629 g/mol. The molecule has 220 valence electrons. The number of hydrogen-bond donors (Lipinski definition) is 0. The van der Waals surface area contributed by atoms with Crippen LogP contribution in [-0.4, -0.2) is 7.85 Å². The fraction of sp³-hybridized carbons (Fsp3) is 1.00. The van der Waals surface area contributed by atoms with Crippen LogP contribution in [0.15, 0.2) is 0 Å². The lowest BCUT2D eigenvalue weighted by Crippen LogP contribution is -3.68. The number of unbranched alkanes of at least 4 members (excludes halogenated alkanes) is 14. The zero-order chi connectivity index (χ0) is 26.6. The average Bonchev–Trinajstić information content (AvgIpc) is 2.92. The second kappa shape index (κ2) is 22.4. The zero-order valence-electron chi connectivity index (χ0n) is 26.2. The number of alkyl halides is 2. The Morgan fingerprint density at radius 2 is 0.730 bits per heavy atom. The summed E-state index contributed by atoms with van der Waals surface area (Å²) in [5.41, 5.74) is 0. The maximum absolute atomic E-state index is 2.59. The van der Waals surface area contributed by atoms with Crippen molar-refractivity contribution < 1.29 is 21.2 Å². The maximum Gasteiger partial charge on any atom is 0.275 e. The van der Waals surface area contributed by atoms with Crippen molar-refractivity contribution in [3.63, 3.8) is 0 Å². The van der Waals surface area contributed by atoms with Gasteiger partial charge in [0.1, 0.15) is 0 Å². The highest BCUT2D eigenvalue weighted by atomic mass is 127. The first-order valence-electron chi connectivity index (χ1n) is 17.8. The molecule has 0 heterocycles. The summed E-state index contributed by atoms with van der Waals surface area (Å²) in [6.07, 6.45) is 39.3. The van der Waals surface area contributed by atoms with Crippen LogP contribution in [0.3, 0.4) is 0 Å². The molecule has 2 aliphatic rings. The van der Waals surface area contributed by atoms with E-state index >= 15 is 0 Å². The van der Waals surface area contributed by atoms with Gasteiger partial charge in [-0.2, -0.15) is 0 Å².